The van der Waals surface area contributed by atoms with E-state index in [2.05, 4.69) is 5.32 Å². The van der Waals surface area contributed by atoms with Crippen molar-refractivity contribution >= 4 is 17.3 Å². The molecule has 0 saturated carbocycles. The van der Waals surface area contributed by atoms with Crippen LogP contribution in [0.2, 0.25) is 0 Å². The number of carboxylic acids is 1. The van der Waals surface area contributed by atoms with E-state index < -0.39 is 16.9 Å². The third kappa shape index (κ3) is 2.83. The number of nitro groups is 1. The Hall–Kier alpha value is -2.31. The second kappa shape index (κ2) is 5.15. The summed E-state index contributed by atoms with van der Waals surface area (Å²) >= 11 is 0. The third-order valence-electron chi connectivity index (χ3n) is 2.14. The molecule has 0 aliphatic heterocycles. The fourth-order valence-electron chi connectivity index (χ4n) is 1.29. The Kier molecular flexibility index (Phi) is 3.86. The zero-order valence-electron chi connectivity index (χ0n) is 9.34. The van der Waals surface area contributed by atoms with Gasteiger partial charge in [0.1, 0.15) is 11.7 Å². The van der Waals surface area contributed by atoms with Gasteiger partial charge in [-0.3, -0.25) is 14.9 Å². The molecular weight excluding hydrogens is 228 g/mol. The van der Waals surface area contributed by atoms with Gasteiger partial charge in [-0.05, 0) is 19.1 Å². The smallest absolute Gasteiger partial charge is 0.333 e. The highest BCUT2D eigenvalue weighted by atomic mass is 16.6. The molecule has 0 aliphatic carbocycles. The minimum Gasteiger partial charge on any atom is -0.490 e. The van der Waals surface area contributed by atoms with Gasteiger partial charge in [-0.2, -0.15) is 0 Å². The van der Waals surface area contributed by atoms with Crippen molar-refractivity contribution in [2.24, 2.45) is 0 Å². The molecule has 0 saturated heterocycles. The molecule has 1 atom stereocenters. The summed E-state index contributed by atoms with van der Waals surface area (Å²) in [5.74, 6) is -1.01. The lowest BCUT2D eigenvalue weighted by atomic mass is 10.2. The zero-order chi connectivity index (χ0) is 13.0. The van der Waals surface area contributed by atoms with Gasteiger partial charge in [0, 0.05) is 0 Å². The number of para-hydroxylation sites is 1. The van der Waals surface area contributed by atoms with Gasteiger partial charge in [-0.1, -0.05) is 6.07 Å². The summed E-state index contributed by atoms with van der Waals surface area (Å²) in [4.78, 5) is 21.0. The van der Waals surface area contributed by atoms with Crippen LogP contribution < -0.4 is 10.1 Å². The summed E-state index contributed by atoms with van der Waals surface area (Å²) < 4.78 is 4.86. The number of ether oxygens (including phenoxy) is 1. The Morgan fingerprint density at radius 3 is 2.71 bits per heavy atom. The van der Waals surface area contributed by atoms with Crippen LogP contribution in [0.1, 0.15) is 6.92 Å². The predicted molar refractivity (Wildman–Crippen MR) is 60.4 cm³/mol. The van der Waals surface area contributed by atoms with Gasteiger partial charge < -0.3 is 15.2 Å². The molecule has 7 heteroatoms. The van der Waals surface area contributed by atoms with Crippen molar-refractivity contribution in [3.63, 3.8) is 0 Å². The number of aliphatic carboxylic acids is 1. The van der Waals surface area contributed by atoms with Crippen LogP contribution in [-0.4, -0.2) is 29.2 Å². The van der Waals surface area contributed by atoms with Crippen molar-refractivity contribution < 1.29 is 19.6 Å². The summed E-state index contributed by atoms with van der Waals surface area (Å²) in [5.41, 5.74) is -0.160. The van der Waals surface area contributed by atoms with Crippen LogP contribution in [0.3, 0.4) is 0 Å². The summed E-state index contributed by atoms with van der Waals surface area (Å²) in [6.07, 6.45) is 0. The number of carboxylic acid groups (broad SMARTS) is 1. The fourth-order valence-corrected chi connectivity index (χ4v) is 1.29. The van der Waals surface area contributed by atoms with Crippen LogP contribution >= 0.6 is 0 Å². The van der Waals surface area contributed by atoms with Gasteiger partial charge in [0.25, 0.3) is 0 Å². The molecule has 17 heavy (non-hydrogen) atoms. The number of methoxy groups -OCH3 is 1. The van der Waals surface area contributed by atoms with Crippen molar-refractivity contribution in [3.8, 4) is 5.75 Å². The van der Waals surface area contributed by atoms with E-state index in [0.717, 1.165) is 0 Å². The van der Waals surface area contributed by atoms with Crippen LogP contribution in [0.25, 0.3) is 0 Å². The largest absolute Gasteiger partial charge is 0.490 e. The summed E-state index contributed by atoms with van der Waals surface area (Å²) in [7, 11) is 1.31. The number of anilines is 1. The Morgan fingerprint density at radius 1 is 1.59 bits per heavy atom. The average Bonchev–Trinajstić information content (AvgIpc) is 2.27. The van der Waals surface area contributed by atoms with Crippen LogP contribution in [-0.2, 0) is 4.79 Å². The SMILES string of the molecule is COc1cccc(N[C@@H](C)C(=O)O)c1[N+](=O)[O-]. The molecular formula is C10H12N2O5. The first-order chi connectivity index (χ1) is 7.97. The number of nitrogens with zero attached hydrogens (tertiary/aromatic N) is 1. The van der Waals surface area contributed by atoms with E-state index in [-0.39, 0.29) is 17.1 Å². The van der Waals surface area contributed by atoms with E-state index in [1.54, 1.807) is 6.07 Å². The van der Waals surface area contributed by atoms with Crippen molar-refractivity contribution in [1.82, 2.24) is 0 Å². The van der Waals surface area contributed by atoms with E-state index in [0.29, 0.717) is 0 Å². The third-order valence-corrected chi connectivity index (χ3v) is 2.14. The lowest BCUT2D eigenvalue weighted by molar-refractivity contribution is -0.384. The first kappa shape index (κ1) is 12.8. The first-order valence-corrected chi connectivity index (χ1v) is 4.78. The maximum Gasteiger partial charge on any atom is 0.333 e. The molecule has 0 unspecified atom stereocenters. The Morgan fingerprint density at radius 2 is 2.24 bits per heavy atom. The number of benzene rings is 1. The number of rotatable bonds is 5. The van der Waals surface area contributed by atoms with E-state index in [1.807, 2.05) is 0 Å². The highest BCUT2D eigenvalue weighted by molar-refractivity contribution is 5.79. The molecule has 0 amide bonds. The van der Waals surface area contributed by atoms with Gasteiger partial charge in [0.15, 0.2) is 5.75 Å². The molecule has 2 N–H and O–H groups in total. The molecule has 0 aromatic heterocycles. The van der Waals surface area contributed by atoms with Crippen molar-refractivity contribution in [3.05, 3.63) is 28.3 Å². The molecule has 1 rings (SSSR count). The van der Waals surface area contributed by atoms with Gasteiger partial charge in [0.2, 0.25) is 0 Å². The van der Waals surface area contributed by atoms with E-state index >= 15 is 0 Å². The highest BCUT2D eigenvalue weighted by Crippen LogP contribution is 2.34. The zero-order valence-corrected chi connectivity index (χ0v) is 9.34. The molecule has 0 bridgehead atoms. The first-order valence-electron chi connectivity index (χ1n) is 4.78. The second-order valence-corrected chi connectivity index (χ2v) is 3.32. The molecule has 7 nitrogen and oxygen atoms in total. The van der Waals surface area contributed by atoms with Gasteiger partial charge in [-0.25, -0.2) is 0 Å². The standard InChI is InChI=1S/C10H12N2O5/c1-6(10(13)14)11-7-4-3-5-8(17-2)9(7)12(15)16/h3-6,11H,1-2H3,(H,13,14)/t6-/m0/s1. The van der Waals surface area contributed by atoms with Gasteiger partial charge in [0.05, 0.1) is 12.0 Å². The molecule has 0 spiro atoms. The highest BCUT2D eigenvalue weighted by Gasteiger charge is 2.22. The lowest BCUT2D eigenvalue weighted by Gasteiger charge is -2.12. The number of nitro benzene ring substituents is 1. The normalized spacial score (nSPS) is 11.6. The maximum atomic E-state index is 10.9. The average molecular weight is 240 g/mol. The van der Waals surface area contributed by atoms with Crippen molar-refractivity contribution in [2.45, 2.75) is 13.0 Å². The predicted octanol–water partition coefficient (Wildman–Crippen LogP) is 1.49. The van der Waals surface area contributed by atoms with E-state index in [1.165, 1.54) is 26.2 Å². The Balaban J connectivity index is 3.14. The minimum atomic E-state index is -1.10. The summed E-state index contributed by atoms with van der Waals surface area (Å²) in [5, 5.41) is 22.2. The van der Waals surface area contributed by atoms with E-state index in [4.69, 9.17) is 9.84 Å². The Labute approximate surface area is 97.2 Å². The topological polar surface area (TPSA) is 102 Å². The Bertz CT molecular complexity index is 446. The molecule has 92 valence electrons. The molecule has 1 aromatic carbocycles. The van der Waals surface area contributed by atoms with Crippen LogP contribution in [0.15, 0.2) is 18.2 Å². The van der Waals surface area contributed by atoms with Crippen LogP contribution in [0.5, 0.6) is 5.75 Å². The molecule has 1 aromatic rings. The number of nitrogens with one attached hydrogen (secondary N) is 1. The van der Waals surface area contributed by atoms with Crippen LogP contribution in [0, 0.1) is 10.1 Å². The van der Waals surface area contributed by atoms with Gasteiger partial charge >= 0.3 is 11.7 Å². The maximum absolute atomic E-state index is 10.9. The molecule has 0 radical (unpaired) electrons. The van der Waals surface area contributed by atoms with Crippen molar-refractivity contribution in [1.29, 1.82) is 0 Å². The quantitative estimate of drug-likeness (QED) is 0.597. The lowest BCUT2D eigenvalue weighted by Crippen LogP contribution is -2.25. The van der Waals surface area contributed by atoms with E-state index in [9.17, 15) is 14.9 Å². The van der Waals surface area contributed by atoms with Crippen molar-refractivity contribution in [2.75, 3.05) is 12.4 Å². The van der Waals surface area contributed by atoms with Crippen LogP contribution in [0.4, 0.5) is 11.4 Å². The summed E-state index contributed by atoms with van der Waals surface area (Å²) in [6.45, 7) is 1.39. The number of hydrogen-bond acceptors (Lipinski definition) is 5. The number of carbonyl (C=O) groups is 1. The second-order valence-electron chi connectivity index (χ2n) is 3.32. The fraction of sp³-hybridized carbons (Fsp3) is 0.300. The molecule has 0 aliphatic rings. The monoisotopic (exact) mass is 240 g/mol. The minimum absolute atomic E-state index is 0.0811. The summed E-state index contributed by atoms with van der Waals surface area (Å²) in [6, 6.07) is 3.48. The number of hydrogen-bond donors (Lipinski definition) is 2. The molecule has 0 fully saturated rings. The van der Waals surface area contributed by atoms with Gasteiger partial charge in [-0.15, -0.1) is 0 Å². The molecule has 0 heterocycles.